The zero-order valence-electron chi connectivity index (χ0n) is 15.5. The minimum atomic E-state index is -0.352. The van der Waals surface area contributed by atoms with Gasteiger partial charge in [-0.2, -0.15) is 0 Å². The summed E-state index contributed by atoms with van der Waals surface area (Å²) in [5.41, 5.74) is 3.56. The van der Waals surface area contributed by atoms with Crippen LogP contribution in [0.2, 0.25) is 0 Å². The second kappa shape index (κ2) is 9.66. The van der Waals surface area contributed by atoms with Crippen molar-refractivity contribution in [1.82, 2.24) is 5.32 Å². The number of aryl methyl sites for hydroxylation is 2. The molecule has 2 N–H and O–H groups in total. The Morgan fingerprint density at radius 3 is 2.54 bits per heavy atom. The maximum absolute atomic E-state index is 12.6. The summed E-state index contributed by atoms with van der Waals surface area (Å²) in [6.07, 6.45) is 0. The summed E-state index contributed by atoms with van der Waals surface area (Å²) in [5.74, 6) is -0.352. The second-order valence-electron chi connectivity index (χ2n) is 5.70. The highest BCUT2D eigenvalue weighted by Crippen LogP contribution is 2.40. The van der Waals surface area contributed by atoms with E-state index in [1.807, 2.05) is 38.1 Å². The van der Waals surface area contributed by atoms with Crippen LogP contribution in [0.25, 0.3) is 11.1 Å². The number of rotatable bonds is 7. The van der Waals surface area contributed by atoms with Crippen LogP contribution in [-0.4, -0.2) is 38.0 Å². The van der Waals surface area contributed by atoms with Crippen molar-refractivity contribution in [3.63, 3.8) is 0 Å². The molecule has 2 rings (SSSR count). The number of hydrogen-bond acceptors (Lipinski definition) is 5. The number of hydrogen-bond donors (Lipinski definition) is 2. The lowest BCUT2D eigenvalue weighted by atomic mass is 10.0. The average Bonchev–Trinajstić information content (AvgIpc) is 2.92. The standard InChI is InChI=1S/C19H24N2O3S2/c1-5-24-18(22)16-15(14-8-6-12(2)7-9-14)13(3)26-17(16)21-19(25)20-10-11-23-4/h6-9H,5,10-11H2,1-4H3,(H2,20,21,25). The van der Waals surface area contributed by atoms with Crippen molar-refractivity contribution in [2.75, 3.05) is 32.2 Å². The van der Waals surface area contributed by atoms with Crippen molar-refractivity contribution in [2.24, 2.45) is 0 Å². The molecule has 0 bridgehead atoms. The monoisotopic (exact) mass is 392 g/mol. The third-order valence-corrected chi connectivity index (χ3v) is 4.99. The molecule has 0 aliphatic carbocycles. The minimum Gasteiger partial charge on any atom is -0.462 e. The molecule has 0 amide bonds. The van der Waals surface area contributed by atoms with E-state index in [4.69, 9.17) is 21.7 Å². The fourth-order valence-corrected chi connectivity index (χ4v) is 3.85. The van der Waals surface area contributed by atoms with Gasteiger partial charge < -0.3 is 20.1 Å². The third-order valence-electron chi connectivity index (χ3n) is 3.72. The van der Waals surface area contributed by atoms with Gasteiger partial charge in [-0.15, -0.1) is 11.3 Å². The lowest BCUT2D eigenvalue weighted by Gasteiger charge is -2.11. The van der Waals surface area contributed by atoms with E-state index in [9.17, 15) is 4.79 Å². The van der Waals surface area contributed by atoms with Crippen molar-refractivity contribution in [3.8, 4) is 11.1 Å². The molecule has 0 atom stereocenters. The molecule has 1 aromatic heterocycles. The summed E-state index contributed by atoms with van der Waals surface area (Å²) in [5, 5.41) is 7.32. The molecule has 0 spiro atoms. The molecule has 0 saturated heterocycles. The number of thiophene rings is 1. The largest absolute Gasteiger partial charge is 0.462 e. The fraction of sp³-hybridized carbons (Fsp3) is 0.368. The van der Waals surface area contributed by atoms with Crippen LogP contribution >= 0.6 is 23.6 Å². The van der Waals surface area contributed by atoms with E-state index >= 15 is 0 Å². The van der Waals surface area contributed by atoms with Gasteiger partial charge in [0.2, 0.25) is 0 Å². The Morgan fingerprint density at radius 1 is 1.23 bits per heavy atom. The van der Waals surface area contributed by atoms with Crippen molar-refractivity contribution in [2.45, 2.75) is 20.8 Å². The predicted octanol–water partition coefficient (Wildman–Crippen LogP) is 4.14. The van der Waals surface area contributed by atoms with Crippen LogP contribution in [0.15, 0.2) is 24.3 Å². The first kappa shape index (κ1) is 20.4. The highest BCUT2D eigenvalue weighted by atomic mass is 32.1. The molecule has 0 unspecified atom stereocenters. The van der Waals surface area contributed by atoms with E-state index in [1.54, 1.807) is 14.0 Å². The maximum atomic E-state index is 12.6. The van der Waals surface area contributed by atoms with E-state index < -0.39 is 0 Å². The summed E-state index contributed by atoms with van der Waals surface area (Å²) in [7, 11) is 1.63. The molecule has 7 heteroatoms. The zero-order valence-corrected chi connectivity index (χ0v) is 17.1. The SMILES string of the molecule is CCOC(=O)c1c(NC(=S)NCCOC)sc(C)c1-c1ccc(C)cc1. The smallest absolute Gasteiger partial charge is 0.341 e. The van der Waals surface area contributed by atoms with Gasteiger partial charge in [-0.25, -0.2) is 4.79 Å². The normalized spacial score (nSPS) is 10.5. The molecule has 1 heterocycles. The molecule has 1 aromatic carbocycles. The Hall–Kier alpha value is -1.96. The van der Waals surface area contributed by atoms with E-state index in [0.29, 0.717) is 35.4 Å². The van der Waals surface area contributed by atoms with Crippen LogP contribution < -0.4 is 10.6 Å². The van der Waals surface area contributed by atoms with Gasteiger partial charge in [-0.3, -0.25) is 0 Å². The van der Waals surface area contributed by atoms with Gasteiger partial charge in [0.1, 0.15) is 10.6 Å². The van der Waals surface area contributed by atoms with Crippen LogP contribution in [0.3, 0.4) is 0 Å². The number of esters is 1. The van der Waals surface area contributed by atoms with E-state index in [1.165, 1.54) is 16.9 Å². The first-order chi connectivity index (χ1) is 12.5. The minimum absolute atomic E-state index is 0.317. The molecular formula is C19H24N2O3S2. The molecule has 0 saturated carbocycles. The number of carbonyl (C=O) groups excluding carboxylic acids is 1. The quantitative estimate of drug-likeness (QED) is 0.420. The fourth-order valence-electron chi connectivity index (χ4n) is 2.51. The van der Waals surface area contributed by atoms with Gasteiger partial charge in [-0.1, -0.05) is 29.8 Å². The zero-order chi connectivity index (χ0) is 19.1. The van der Waals surface area contributed by atoms with Crippen LogP contribution in [0.4, 0.5) is 5.00 Å². The lowest BCUT2D eigenvalue weighted by molar-refractivity contribution is 0.0529. The number of anilines is 1. The summed E-state index contributed by atoms with van der Waals surface area (Å²) in [6, 6.07) is 8.11. The van der Waals surface area contributed by atoms with Gasteiger partial charge in [0, 0.05) is 24.1 Å². The number of thiocarbonyl (C=S) groups is 1. The Balaban J connectivity index is 2.39. The van der Waals surface area contributed by atoms with Crippen molar-refractivity contribution in [3.05, 3.63) is 40.3 Å². The van der Waals surface area contributed by atoms with Gasteiger partial charge >= 0.3 is 5.97 Å². The Labute approximate surface area is 163 Å². The first-order valence-electron chi connectivity index (χ1n) is 8.39. The van der Waals surface area contributed by atoms with E-state index in [2.05, 4.69) is 10.6 Å². The lowest BCUT2D eigenvalue weighted by Crippen LogP contribution is -2.31. The highest BCUT2D eigenvalue weighted by Gasteiger charge is 2.24. The molecule has 0 aliphatic heterocycles. The number of ether oxygens (including phenoxy) is 2. The Bertz CT molecular complexity index is 770. The van der Waals surface area contributed by atoms with Gasteiger partial charge in [0.25, 0.3) is 0 Å². The molecule has 0 aliphatic rings. The number of methoxy groups -OCH3 is 1. The molecular weight excluding hydrogens is 368 g/mol. The number of benzene rings is 1. The summed E-state index contributed by atoms with van der Waals surface area (Å²) < 4.78 is 10.3. The average molecular weight is 393 g/mol. The van der Waals surface area contributed by atoms with Crippen molar-refractivity contribution >= 4 is 39.6 Å². The molecule has 5 nitrogen and oxygen atoms in total. The number of carbonyl (C=O) groups is 1. The summed E-state index contributed by atoms with van der Waals surface area (Å²) >= 11 is 6.81. The van der Waals surface area contributed by atoms with Gasteiger partial charge in [0.05, 0.1) is 13.2 Å². The summed E-state index contributed by atoms with van der Waals surface area (Å²) in [6.45, 7) is 7.28. The van der Waals surface area contributed by atoms with Crippen LogP contribution in [0.5, 0.6) is 0 Å². The summed E-state index contributed by atoms with van der Waals surface area (Å²) in [4.78, 5) is 13.7. The predicted molar refractivity (Wildman–Crippen MR) is 111 cm³/mol. The third kappa shape index (κ3) is 5.03. The van der Waals surface area contributed by atoms with Crippen LogP contribution in [-0.2, 0) is 9.47 Å². The van der Waals surface area contributed by atoms with E-state index in [0.717, 1.165) is 16.0 Å². The van der Waals surface area contributed by atoms with Crippen molar-refractivity contribution in [1.29, 1.82) is 0 Å². The molecule has 26 heavy (non-hydrogen) atoms. The molecule has 2 aromatic rings. The first-order valence-corrected chi connectivity index (χ1v) is 9.61. The molecule has 0 radical (unpaired) electrons. The van der Waals surface area contributed by atoms with Crippen LogP contribution in [0.1, 0.15) is 27.7 Å². The topological polar surface area (TPSA) is 59.6 Å². The van der Waals surface area contributed by atoms with Gasteiger partial charge in [0.15, 0.2) is 5.11 Å². The van der Waals surface area contributed by atoms with Crippen molar-refractivity contribution < 1.29 is 14.3 Å². The number of nitrogens with one attached hydrogen (secondary N) is 2. The molecule has 140 valence electrons. The molecule has 0 fully saturated rings. The maximum Gasteiger partial charge on any atom is 0.341 e. The second-order valence-corrected chi connectivity index (χ2v) is 7.33. The van der Waals surface area contributed by atoms with Gasteiger partial charge in [-0.05, 0) is 38.6 Å². The highest BCUT2D eigenvalue weighted by molar-refractivity contribution is 7.80. The Kier molecular flexibility index (Phi) is 7.56. The Morgan fingerprint density at radius 2 is 1.92 bits per heavy atom. The van der Waals surface area contributed by atoms with E-state index in [-0.39, 0.29) is 5.97 Å². The van der Waals surface area contributed by atoms with Crippen LogP contribution in [0, 0.1) is 13.8 Å².